The second-order valence-corrected chi connectivity index (χ2v) is 4.55. The van der Waals surface area contributed by atoms with E-state index in [0.29, 0.717) is 5.75 Å². The molecular formula is C12H12O3S. The molecule has 0 bridgehead atoms. The number of furan rings is 1. The van der Waals surface area contributed by atoms with Crippen molar-refractivity contribution in [3.63, 3.8) is 0 Å². The fourth-order valence-corrected chi connectivity index (χ4v) is 1.94. The third-order valence-electron chi connectivity index (χ3n) is 2.19. The zero-order valence-corrected chi connectivity index (χ0v) is 9.97. The van der Waals surface area contributed by atoms with Crippen LogP contribution in [0.5, 0.6) is 5.75 Å². The molecule has 0 aliphatic rings. The van der Waals surface area contributed by atoms with Gasteiger partial charge in [-0.1, -0.05) is 11.8 Å². The first-order valence-electron chi connectivity index (χ1n) is 4.89. The number of fused-ring (bicyclic) bond motifs is 1. The van der Waals surface area contributed by atoms with E-state index in [4.69, 9.17) is 9.15 Å². The van der Waals surface area contributed by atoms with E-state index in [1.165, 1.54) is 11.8 Å². The zero-order valence-electron chi connectivity index (χ0n) is 9.15. The molecule has 4 heteroatoms. The van der Waals surface area contributed by atoms with Crippen molar-refractivity contribution < 1.29 is 13.9 Å². The van der Waals surface area contributed by atoms with Crippen LogP contribution < -0.4 is 4.74 Å². The smallest absolute Gasteiger partial charge is 0.186 e. The van der Waals surface area contributed by atoms with Crippen LogP contribution in [-0.4, -0.2) is 12.2 Å². The molecule has 3 nitrogen and oxygen atoms in total. The molecule has 16 heavy (non-hydrogen) atoms. The summed E-state index contributed by atoms with van der Waals surface area (Å²) in [6, 6.07) is 7.58. The number of methoxy groups -OCH3 is 1. The molecule has 1 aromatic heterocycles. The maximum Gasteiger partial charge on any atom is 0.186 e. The topological polar surface area (TPSA) is 39.4 Å². The van der Waals surface area contributed by atoms with Gasteiger partial charge in [-0.25, -0.2) is 0 Å². The molecule has 0 radical (unpaired) electrons. The Balaban J connectivity index is 2.25. The Hall–Kier alpha value is -1.42. The third kappa shape index (κ3) is 2.39. The van der Waals surface area contributed by atoms with Gasteiger partial charge in [-0.05, 0) is 24.3 Å². The van der Waals surface area contributed by atoms with E-state index in [0.717, 1.165) is 22.5 Å². The summed E-state index contributed by atoms with van der Waals surface area (Å²) in [5, 5.41) is 1.09. The molecule has 1 heterocycles. The van der Waals surface area contributed by atoms with Crippen LogP contribution in [0.1, 0.15) is 12.7 Å². The van der Waals surface area contributed by atoms with Crippen LogP contribution in [0.15, 0.2) is 28.7 Å². The highest BCUT2D eigenvalue weighted by molar-refractivity contribution is 8.12. The first-order chi connectivity index (χ1) is 7.69. The lowest BCUT2D eigenvalue weighted by Gasteiger charge is -1.96. The highest BCUT2D eigenvalue weighted by atomic mass is 32.2. The lowest BCUT2D eigenvalue weighted by molar-refractivity contribution is -0.109. The van der Waals surface area contributed by atoms with Crippen LogP contribution in [-0.2, 0) is 10.5 Å². The van der Waals surface area contributed by atoms with Crippen LogP contribution in [0.2, 0.25) is 0 Å². The molecular weight excluding hydrogens is 224 g/mol. The predicted octanol–water partition coefficient (Wildman–Crippen LogP) is 3.22. The standard InChI is InChI=1S/C12H12O3S/c1-8(13)16-7-11-6-9-5-10(14-2)3-4-12(9)15-11/h3-6H,7H2,1-2H3. The molecule has 0 amide bonds. The number of benzene rings is 1. The molecule has 0 fully saturated rings. The Labute approximate surface area is 97.8 Å². The molecule has 2 rings (SSSR count). The molecule has 0 aliphatic heterocycles. The largest absolute Gasteiger partial charge is 0.497 e. The fraction of sp³-hybridized carbons (Fsp3) is 0.250. The Morgan fingerprint density at radius 3 is 2.94 bits per heavy atom. The van der Waals surface area contributed by atoms with Crippen molar-refractivity contribution in [2.45, 2.75) is 12.7 Å². The summed E-state index contributed by atoms with van der Waals surface area (Å²) < 4.78 is 10.7. The number of rotatable bonds is 3. The van der Waals surface area contributed by atoms with Gasteiger partial charge in [-0.2, -0.15) is 0 Å². The minimum atomic E-state index is 0.0954. The summed E-state index contributed by atoms with van der Waals surface area (Å²) in [4.78, 5) is 10.8. The van der Waals surface area contributed by atoms with Gasteiger partial charge in [0.1, 0.15) is 17.1 Å². The average molecular weight is 236 g/mol. The molecule has 2 aromatic rings. The van der Waals surface area contributed by atoms with E-state index in [9.17, 15) is 4.79 Å². The molecule has 0 saturated carbocycles. The molecule has 0 unspecified atom stereocenters. The summed E-state index contributed by atoms with van der Waals surface area (Å²) in [5.41, 5.74) is 0.819. The molecule has 0 spiro atoms. The molecule has 0 atom stereocenters. The first kappa shape index (κ1) is 11.1. The Kier molecular flexibility index (Phi) is 3.19. The van der Waals surface area contributed by atoms with Gasteiger partial charge in [0.05, 0.1) is 12.9 Å². The normalized spacial score (nSPS) is 10.6. The number of carbonyl (C=O) groups excluding carboxylic acids is 1. The van der Waals surface area contributed by atoms with Crippen LogP contribution in [0.25, 0.3) is 11.0 Å². The summed E-state index contributed by atoms with van der Waals surface area (Å²) in [6.45, 7) is 1.55. The highest BCUT2D eigenvalue weighted by Gasteiger charge is 2.06. The zero-order chi connectivity index (χ0) is 11.5. The molecule has 1 aromatic carbocycles. The second-order valence-electron chi connectivity index (χ2n) is 3.40. The maximum absolute atomic E-state index is 10.8. The summed E-state index contributed by atoms with van der Waals surface area (Å²) in [5.74, 6) is 2.19. The first-order valence-corrected chi connectivity index (χ1v) is 5.87. The minimum absolute atomic E-state index is 0.0954. The molecule has 0 aliphatic carbocycles. The van der Waals surface area contributed by atoms with E-state index in [2.05, 4.69) is 0 Å². The van der Waals surface area contributed by atoms with Gasteiger partial charge >= 0.3 is 0 Å². The van der Waals surface area contributed by atoms with Gasteiger partial charge in [0.25, 0.3) is 0 Å². The van der Waals surface area contributed by atoms with Crippen LogP contribution in [0.4, 0.5) is 0 Å². The van der Waals surface area contributed by atoms with Crippen molar-refractivity contribution in [3.8, 4) is 5.75 Å². The van der Waals surface area contributed by atoms with E-state index in [1.54, 1.807) is 14.0 Å². The maximum atomic E-state index is 10.8. The van der Waals surface area contributed by atoms with Crippen molar-refractivity contribution in [2.24, 2.45) is 0 Å². The van der Waals surface area contributed by atoms with Gasteiger partial charge in [-0.3, -0.25) is 4.79 Å². The molecule has 84 valence electrons. The van der Waals surface area contributed by atoms with Crippen LogP contribution in [0, 0.1) is 0 Å². The van der Waals surface area contributed by atoms with Gasteiger partial charge in [0.2, 0.25) is 0 Å². The minimum Gasteiger partial charge on any atom is -0.497 e. The lowest BCUT2D eigenvalue weighted by atomic mass is 10.2. The number of hydrogen-bond acceptors (Lipinski definition) is 4. The van der Waals surface area contributed by atoms with Crippen molar-refractivity contribution in [1.82, 2.24) is 0 Å². The lowest BCUT2D eigenvalue weighted by Crippen LogP contribution is -1.82. The Morgan fingerprint density at radius 2 is 2.25 bits per heavy atom. The summed E-state index contributed by atoms with van der Waals surface area (Å²) in [6.07, 6.45) is 0. The van der Waals surface area contributed by atoms with E-state index >= 15 is 0 Å². The fourth-order valence-electron chi connectivity index (χ4n) is 1.45. The van der Waals surface area contributed by atoms with Gasteiger partial charge in [0, 0.05) is 12.3 Å². The Morgan fingerprint density at radius 1 is 1.44 bits per heavy atom. The molecule has 0 saturated heterocycles. The van der Waals surface area contributed by atoms with E-state index in [1.807, 2.05) is 24.3 Å². The number of hydrogen-bond donors (Lipinski definition) is 0. The Bertz CT molecular complexity index is 516. The van der Waals surface area contributed by atoms with E-state index < -0.39 is 0 Å². The van der Waals surface area contributed by atoms with Gasteiger partial charge in [-0.15, -0.1) is 0 Å². The quantitative estimate of drug-likeness (QED) is 0.820. The van der Waals surface area contributed by atoms with Crippen molar-refractivity contribution >= 4 is 27.8 Å². The average Bonchev–Trinajstić information content (AvgIpc) is 2.67. The molecule has 0 N–H and O–H groups in total. The highest BCUT2D eigenvalue weighted by Crippen LogP contribution is 2.26. The predicted molar refractivity (Wildman–Crippen MR) is 64.7 cm³/mol. The van der Waals surface area contributed by atoms with Crippen molar-refractivity contribution in [3.05, 3.63) is 30.0 Å². The number of carbonyl (C=O) groups is 1. The summed E-state index contributed by atoms with van der Waals surface area (Å²) in [7, 11) is 1.63. The van der Waals surface area contributed by atoms with Gasteiger partial charge < -0.3 is 9.15 Å². The van der Waals surface area contributed by atoms with Crippen LogP contribution >= 0.6 is 11.8 Å². The number of thioether (sulfide) groups is 1. The summed E-state index contributed by atoms with van der Waals surface area (Å²) >= 11 is 1.25. The van der Waals surface area contributed by atoms with Crippen molar-refractivity contribution in [1.29, 1.82) is 0 Å². The third-order valence-corrected chi connectivity index (χ3v) is 3.03. The SMILES string of the molecule is COc1ccc2oc(CSC(C)=O)cc2c1. The second kappa shape index (κ2) is 4.61. The van der Waals surface area contributed by atoms with Crippen LogP contribution in [0.3, 0.4) is 0 Å². The van der Waals surface area contributed by atoms with Gasteiger partial charge in [0.15, 0.2) is 5.12 Å². The monoisotopic (exact) mass is 236 g/mol. The van der Waals surface area contributed by atoms with Crippen molar-refractivity contribution in [2.75, 3.05) is 7.11 Å². The number of ether oxygens (including phenoxy) is 1. The van der Waals surface area contributed by atoms with E-state index in [-0.39, 0.29) is 5.12 Å².